The van der Waals surface area contributed by atoms with Gasteiger partial charge in [0.1, 0.15) is 16.6 Å². The number of nitrogens with one attached hydrogen (secondary N) is 1. The molecule has 5 N–H and O–H groups in total. The molecule has 0 aliphatic carbocycles. The normalized spacial score (nSPS) is 16.2. The summed E-state index contributed by atoms with van der Waals surface area (Å²) in [7, 11) is 0. The number of benzene rings is 1. The highest BCUT2D eigenvalue weighted by atomic mass is 32.1. The van der Waals surface area contributed by atoms with Gasteiger partial charge in [-0.05, 0) is 43.7 Å². The number of thiophene rings is 1. The standard InChI is InChI=1S/C24H25FN4O4S/c1-24(2,33)13-6-7-16(18(25)8-13)19-10-17(22(26)32)23(34-19)28-20-5-3-4-14(27-20)11-29-12-15(30)9-21(29)31/h3-8,10,15,30,33H,9,11-12H2,1-2H3,(H2,26,32)(H,27,28)/t15-/m0/s1. The van der Waals surface area contributed by atoms with Gasteiger partial charge in [0.25, 0.3) is 5.91 Å². The first-order valence-corrected chi connectivity index (χ1v) is 11.5. The van der Waals surface area contributed by atoms with Crippen LogP contribution in [0.4, 0.5) is 15.2 Å². The van der Waals surface area contributed by atoms with E-state index in [0.717, 1.165) is 11.3 Å². The van der Waals surface area contributed by atoms with Crippen LogP contribution in [0.2, 0.25) is 0 Å². The third-order valence-corrected chi connectivity index (χ3v) is 6.62. The maximum absolute atomic E-state index is 14.8. The molecule has 1 saturated heterocycles. The molecule has 4 rings (SSSR count). The lowest BCUT2D eigenvalue weighted by atomic mass is 9.96. The number of carbonyl (C=O) groups is 2. The Morgan fingerprint density at radius 3 is 2.71 bits per heavy atom. The zero-order chi connectivity index (χ0) is 24.6. The molecule has 0 saturated carbocycles. The molecule has 1 aromatic carbocycles. The number of nitrogens with zero attached hydrogens (tertiary/aromatic N) is 2. The third kappa shape index (κ3) is 5.09. The van der Waals surface area contributed by atoms with Gasteiger partial charge in [0.2, 0.25) is 5.91 Å². The van der Waals surface area contributed by atoms with E-state index in [1.165, 1.54) is 17.0 Å². The zero-order valence-corrected chi connectivity index (χ0v) is 19.5. The quantitative estimate of drug-likeness (QED) is 0.408. The lowest BCUT2D eigenvalue weighted by Gasteiger charge is -2.18. The second-order valence-corrected chi connectivity index (χ2v) is 9.79. The number of nitrogens with two attached hydrogens (primary N) is 1. The summed E-state index contributed by atoms with van der Waals surface area (Å²) < 4.78 is 14.8. The van der Waals surface area contributed by atoms with E-state index in [1.54, 1.807) is 44.2 Å². The van der Waals surface area contributed by atoms with Crippen LogP contribution < -0.4 is 11.1 Å². The van der Waals surface area contributed by atoms with E-state index in [9.17, 15) is 24.2 Å². The molecule has 178 valence electrons. The molecule has 0 radical (unpaired) electrons. The van der Waals surface area contributed by atoms with Crippen LogP contribution in [-0.4, -0.2) is 44.6 Å². The third-order valence-electron chi connectivity index (χ3n) is 5.53. The first-order valence-electron chi connectivity index (χ1n) is 10.7. The van der Waals surface area contributed by atoms with Gasteiger partial charge in [0.05, 0.1) is 35.9 Å². The van der Waals surface area contributed by atoms with Crippen LogP contribution in [0.1, 0.15) is 41.9 Å². The molecule has 3 heterocycles. The summed E-state index contributed by atoms with van der Waals surface area (Å²) >= 11 is 1.15. The minimum Gasteiger partial charge on any atom is -0.391 e. The molecule has 10 heteroatoms. The van der Waals surface area contributed by atoms with Crippen LogP contribution in [0.3, 0.4) is 0 Å². The maximum Gasteiger partial charge on any atom is 0.251 e. The predicted octanol–water partition coefficient (Wildman–Crippen LogP) is 3.11. The van der Waals surface area contributed by atoms with Gasteiger partial charge in [-0.2, -0.15) is 0 Å². The van der Waals surface area contributed by atoms with Crippen LogP contribution in [-0.2, 0) is 16.9 Å². The van der Waals surface area contributed by atoms with Gasteiger partial charge in [0, 0.05) is 17.0 Å². The maximum atomic E-state index is 14.8. The van der Waals surface area contributed by atoms with Gasteiger partial charge < -0.3 is 26.2 Å². The lowest BCUT2D eigenvalue weighted by molar-refractivity contribution is -0.128. The number of halogens is 1. The molecule has 8 nitrogen and oxygen atoms in total. The van der Waals surface area contributed by atoms with Crippen molar-refractivity contribution >= 4 is 34.0 Å². The van der Waals surface area contributed by atoms with E-state index in [-0.39, 0.29) is 36.5 Å². The Labute approximate surface area is 199 Å². The number of anilines is 2. The molecule has 0 spiro atoms. The number of amides is 2. The number of aliphatic hydroxyl groups excluding tert-OH is 1. The topological polar surface area (TPSA) is 129 Å². The summed E-state index contributed by atoms with van der Waals surface area (Å²) in [4.78, 5) is 30.5. The number of hydrogen-bond donors (Lipinski definition) is 4. The number of aromatic nitrogens is 1. The number of β-amino-alcohol motifs (C(OH)–C–C–N with tert-alkyl or cyclic N) is 1. The van der Waals surface area contributed by atoms with Gasteiger partial charge >= 0.3 is 0 Å². The van der Waals surface area contributed by atoms with Crippen LogP contribution in [0.25, 0.3) is 10.4 Å². The molecule has 34 heavy (non-hydrogen) atoms. The fourth-order valence-corrected chi connectivity index (χ4v) is 4.85. The van der Waals surface area contributed by atoms with Gasteiger partial charge in [0.15, 0.2) is 0 Å². The second-order valence-electron chi connectivity index (χ2n) is 8.74. The average molecular weight is 485 g/mol. The minimum absolute atomic E-state index is 0.102. The Balaban J connectivity index is 1.60. The van der Waals surface area contributed by atoms with E-state index < -0.39 is 23.4 Å². The molecule has 0 bridgehead atoms. The van der Waals surface area contributed by atoms with Crippen LogP contribution in [0, 0.1) is 5.82 Å². The number of pyridine rings is 1. The summed E-state index contributed by atoms with van der Waals surface area (Å²) in [5.41, 5.74) is 5.89. The summed E-state index contributed by atoms with van der Waals surface area (Å²) in [6.07, 6.45) is -0.569. The van der Waals surface area contributed by atoms with Crippen molar-refractivity contribution in [1.82, 2.24) is 9.88 Å². The minimum atomic E-state index is -1.19. The second kappa shape index (κ2) is 9.13. The van der Waals surface area contributed by atoms with E-state index in [1.807, 2.05) is 0 Å². The molecule has 1 aliphatic rings. The van der Waals surface area contributed by atoms with Crippen LogP contribution in [0.15, 0.2) is 42.5 Å². The Morgan fingerprint density at radius 2 is 2.09 bits per heavy atom. The molecule has 2 amide bonds. The van der Waals surface area contributed by atoms with Crippen molar-refractivity contribution in [2.75, 3.05) is 11.9 Å². The smallest absolute Gasteiger partial charge is 0.251 e. The number of likely N-dealkylation sites (tertiary alicyclic amines) is 1. The van der Waals surface area contributed by atoms with Crippen LogP contribution >= 0.6 is 11.3 Å². The highest BCUT2D eigenvalue weighted by molar-refractivity contribution is 7.19. The highest BCUT2D eigenvalue weighted by Crippen LogP contribution is 2.38. The summed E-state index contributed by atoms with van der Waals surface area (Å²) in [6, 6.07) is 11.2. The van der Waals surface area contributed by atoms with E-state index >= 15 is 0 Å². The Kier molecular flexibility index (Phi) is 6.39. The van der Waals surface area contributed by atoms with Crippen molar-refractivity contribution in [1.29, 1.82) is 0 Å². The molecule has 1 atom stereocenters. The summed E-state index contributed by atoms with van der Waals surface area (Å²) in [5, 5.41) is 23.3. The van der Waals surface area contributed by atoms with Gasteiger partial charge in [-0.25, -0.2) is 9.37 Å². The number of primary amides is 1. The van der Waals surface area contributed by atoms with Crippen molar-refractivity contribution in [3.8, 4) is 10.4 Å². The first kappa shape index (κ1) is 23.8. The van der Waals surface area contributed by atoms with Gasteiger partial charge in [-0.3, -0.25) is 9.59 Å². The van der Waals surface area contributed by atoms with Crippen molar-refractivity contribution in [3.63, 3.8) is 0 Å². The number of aliphatic hydroxyl groups is 2. The molecule has 2 aromatic heterocycles. The molecular weight excluding hydrogens is 459 g/mol. The Morgan fingerprint density at radius 1 is 1.32 bits per heavy atom. The van der Waals surface area contributed by atoms with Gasteiger partial charge in [-0.1, -0.05) is 18.2 Å². The number of rotatable bonds is 7. The molecular formula is C24H25FN4O4S. The van der Waals surface area contributed by atoms with Crippen LogP contribution in [0.5, 0.6) is 0 Å². The Hall–Kier alpha value is -3.34. The van der Waals surface area contributed by atoms with Crippen molar-refractivity contribution in [2.45, 2.75) is 38.5 Å². The number of hydrogen-bond acceptors (Lipinski definition) is 7. The molecule has 1 fully saturated rings. The highest BCUT2D eigenvalue weighted by Gasteiger charge is 2.28. The average Bonchev–Trinajstić information content (AvgIpc) is 3.30. The molecule has 1 aliphatic heterocycles. The van der Waals surface area contributed by atoms with Crippen molar-refractivity contribution < 1.29 is 24.2 Å². The van der Waals surface area contributed by atoms with E-state index in [2.05, 4.69) is 10.3 Å². The predicted molar refractivity (Wildman–Crippen MR) is 127 cm³/mol. The summed E-state index contributed by atoms with van der Waals surface area (Å²) in [5.74, 6) is -0.907. The molecule has 3 aromatic rings. The first-order chi connectivity index (χ1) is 16.0. The number of carbonyl (C=O) groups excluding carboxylic acids is 2. The zero-order valence-electron chi connectivity index (χ0n) is 18.7. The SMILES string of the molecule is CC(C)(O)c1ccc(-c2cc(C(N)=O)c(Nc3cccc(CN4C[C@@H](O)CC4=O)n3)s2)c(F)c1. The molecule has 0 unspecified atom stereocenters. The monoisotopic (exact) mass is 484 g/mol. The Bertz CT molecular complexity index is 1250. The summed E-state index contributed by atoms with van der Waals surface area (Å²) in [6.45, 7) is 3.66. The van der Waals surface area contributed by atoms with Crippen molar-refractivity contribution in [2.24, 2.45) is 5.73 Å². The fourth-order valence-electron chi connectivity index (χ4n) is 3.75. The van der Waals surface area contributed by atoms with Gasteiger partial charge in [-0.15, -0.1) is 11.3 Å². The largest absolute Gasteiger partial charge is 0.391 e. The fraction of sp³-hybridized carbons (Fsp3) is 0.292. The van der Waals surface area contributed by atoms with E-state index in [0.29, 0.717) is 27.0 Å². The van der Waals surface area contributed by atoms with Crippen molar-refractivity contribution in [3.05, 3.63) is 65.1 Å². The lowest BCUT2D eigenvalue weighted by Crippen LogP contribution is -2.25. The van der Waals surface area contributed by atoms with E-state index in [4.69, 9.17) is 5.73 Å².